The first-order valence-corrected chi connectivity index (χ1v) is 7.67. The summed E-state index contributed by atoms with van der Waals surface area (Å²) in [6, 6.07) is 9.28. The highest BCUT2D eigenvalue weighted by Gasteiger charge is 2.21. The normalized spacial score (nSPS) is 13.0. The molecule has 0 aromatic heterocycles. The van der Waals surface area contributed by atoms with Gasteiger partial charge < -0.3 is 4.74 Å². The zero-order valence-corrected chi connectivity index (χ0v) is 11.4. The lowest BCUT2D eigenvalue weighted by Crippen LogP contribution is -2.24. The molecule has 100 valence electrons. The average molecular weight is 270 g/mol. The van der Waals surface area contributed by atoms with Crippen LogP contribution in [0.1, 0.15) is 19.4 Å². The fourth-order valence-electron chi connectivity index (χ4n) is 1.44. The van der Waals surface area contributed by atoms with Crippen LogP contribution in [0.15, 0.2) is 30.3 Å². The topological polar surface area (TPSA) is 60.4 Å². The third-order valence-electron chi connectivity index (χ3n) is 2.57. The third kappa shape index (κ3) is 4.87. The summed E-state index contributed by atoms with van der Waals surface area (Å²) < 4.78 is 27.8. The van der Waals surface area contributed by atoms with Crippen LogP contribution in [0.4, 0.5) is 0 Å². The van der Waals surface area contributed by atoms with Gasteiger partial charge in [0.2, 0.25) is 0 Å². The molecule has 1 rings (SSSR count). The molecule has 18 heavy (non-hydrogen) atoms. The highest BCUT2D eigenvalue weighted by molar-refractivity contribution is 7.91. The molecule has 0 saturated heterocycles. The number of sulfone groups is 1. The lowest BCUT2D eigenvalue weighted by Gasteiger charge is -2.11. The summed E-state index contributed by atoms with van der Waals surface area (Å²) in [6.45, 7) is 3.31. The second kappa shape index (κ2) is 6.54. The first kappa shape index (κ1) is 14.7. The Morgan fingerprint density at radius 2 is 1.89 bits per heavy atom. The van der Waals surface area contributed by atoms with E-state index in [4.69, 9.17) is 4.74 Å². The van der Waals surface area contributed by atoms with Gasteiger partial charge in [-0.2, -0.15) is 0 Å². The van der Waals surface area contributed by atoms with E-state index < -0.39 is 21.7 Å². The molecule has 0 fully saturated rings. The highest BCUT2D eigenvalue weighted by Crippen LogP contribution is 2.07. The molecule has 1 atom stereocenters. The SMILES string of the molecule is CCS(=O)(=O)CC(C)C(=O)OCc1ccccc1. The van der Waals surface area contributed by atoms with E-state index in [2.05, 4.69) is 0 Å². The number of hydrogen-bond donors (Lipinski definition) is 0. The molecule has 5 heteroatoms. The number of ether oxygens (including phenoxy) is 1. The fourth-order valence-corrected chi connectivity index (χ4v) is 2.57. The number of carbonyl (C=O) groups excluding carboxylic acids is 1. The minimum Gasteiger partial charge on any atom is -0.461 e. The molecule has 0 aliphatic rings. The summed E-state index contributed by atoms with van der Waals surface area (Å²) in [5, 5.41) is 0. The monoisotopic (exact) mass is 270 g/mol. The maximum atomic E-state index is 11.6. The first-order valence-electron chi connectivity index (χ1n) is 5.85. The van der Waals surface area contributed by atoms with Gasteiger partial charge in [0.1, 0.15) is 6.61 Å². The molecular weight excluding hydrogens is 252 g/mol. The van der Waals surface area contributed by atoms with Crippen LogP contribution in [0.5, 0.6) is 0 Å². The van der Waals surface area contributed by atoms with E-state index in [-0.39, 0.29) is 18.1 Å². The zero-order valence-electron chi connectivity index (χ0n) is 10.6. The van der Waals surface area contributed by atoms with Gasteiger partial charge in [0.05, 0.1) is 11.7 Å². The van der Waals surface area contributed by atoms with Gasteiger partial charge in [0.15, 0.2) is 9.84 Å². The second-order valence-electron chi connectivity index (χ2n) is 4.19. The van der Waals surface area contributed by atoms with E-state index in [9.17, 15) is 13.2 Å². The van der Waals surface area contributed by atoms with E-state index in [1.165, 1.54) is 0 Å². The Bertz CT molecular complexity index is 479. The lowest BCUT2D eigenvalue weighted by molar-refractivity contribution is -0.148. The minimum absolute atomic E-state index is 0.0449. The lowest BCUT2D eigenvalue weighted by atomic mass is 10.2. The van der Waals surface area contributed by atoms with E-state index in [1.807, 2.05) is 30.3 Å². The summed E-state index contributed by atoms with van der Waals surface area (Å²) in [4.78, 5) is 11.6. The Labute approximate surface area is 108 Å². The summed E-state index contributed by atoms with van der Waals surface area (Å²) in [6.07, 6.45) is 0. The zero-order chi connectivity index (χ0) is 13.6. The van der Waals surface area contributed by atoms with Crippen LogP contribution in [0.2, 0.25) is 0 Å². The van der Waals surface area contributed by atoms with Crippen molar-refractivity contribution in [1.82, 2.24) is 0 Å². The molecule has 1 aromatic carbocycles. The minimum atomic E-state index is -3.15. The molecule has 0 spiro atoms. The predicted molar refractivity (Wildman–Crippen MR) is 69.7 cm³/mol. The first-order chi connectivity index (χ1) is 8.44. The van der Waals surface area contributed by atoms with Gasteiger partial charge in [-0.25, -0.2) is 8.42 Å². The summed E-state index contributed by atoms with van der Waals surface area (Å²) in [7, 11) is -3.15. The van der Waals surface area contributed by atoms with Crippen LogP contribution >= 0.6 is 0 Å². The van der Waals surface area contributed by atoms with Crippen LogP contribution in [-0.4, -0.2) is 25.9 Å². The Morgan fingerprint density at radius 3 is 2.44 bits per heavy atom. The number of rotatable bonds is 6. The van der Waals surface area contributed by atoms with Crippen molar-refractivity contribution in [3.63, 3.8) is 0 Å². The Balaban J connectivity index is 2.46. The van der Waals surface area contributed by atoms with Crippen molar-refractivity contribution in [3.8, 4) is 0 Å². The van der Waals surface area contributed by atoms with Crippen molar-refractivity contribution >= 4 is 15.8 Å². The maximum Gasteiger partial charge on any atom is 0.310 e. The molecule has 0 N–H and O–H groups in total. The molecule has 0 bridgehead atoms. The van der Waals surface area contributed by atoms with E-state index >= 15 is 0 Å². The predicted octanol–water partition coefficient (Wildman–Crippen LogP) is 1.80. The smallest absolute Gasteiger partial charge is 0.310 e. The Morgan fingerprint density at radius 1 is 1.28 bits per heavy atom. The average Bonchev–Trinajstić information content (AvgIpc) is 2.36. The van der Waals surface area contributed by atoms with Crippen molar-refractivity contribution in [2.75, 3.05) is 11.5 Å². The molecule has 4 nitrogen and oxygen atoms in total. The number of esters is 1. The van der Waals surface area contributed by atoms with Crippen LogP contribution in [0.3, 0.4) is 0 Å². The fraction of sp³-hybridized carbons (Fsp3) is 0.462. The molecule has 0 amide bonds. The third-order valence-corrected chi connectivity index (χ3v) is 4.46. The summed E-state index contributed by atoms with van der Waals surface area (Å²) in [5.74, 6) is -1.21. The molecule has 0 heterocycles. The Kier molecular flexibility index (Phi) is 5.34. The van der Waals surface area contributed by atoms with Gasteiger partial charge >= 0.3 is 5.97 Å². The molecule has 0 aliphatic carbocycles. The van der Waals surface area contributed by atoms with Gasteiger partial charge in [-0.1, -0.05) is 44.2 Å². The van der Waals surface area contributed by atoms with Gasteiger partial charge in [0, 0.05) is 5.75 Å². The van der Waals surface area contributed by atoms with Crippen LogP contribution in [0.25, 0.3) is 0 Å². The number of hydrogen-bond acceptors (Lipinski definition) is 4. The van der Waals surface area contributed by atoms with Crippen molar-refractivity contribution in [2.45, 2.75) is 20.5 Å². The van der Waals surface area contributed by atoms with Gasteiger partial charge in [-0.3, -0.25) is 4.79 Å². The molecule has 0 radical (unpaired) electrons. The maximum absolute atomic E-state index is 11.6. The van der Waals surface area contributed by atoms with Crippen molar-refractivity contribution in [1.29, 1.82) is 0 Å². The van der Waals surface area contributed by atoms with Crippen LogP contribution in [0, 0.1) is 5.92 Å². The van der Waals surface area contributed by atoms with Gasteiger partial charge in [-0.05, 0) is 5.56 Å². The molecule has 1 aromatic rings. The van der Waals surface area contributed by atoms with E-state index in [0.717, 1.165) is 5.56 Å². The van der Waals surface area contributed by atoms with Crippen molar-refractivity contribution in [2.24, 2.45) is 5.92 Å². The standard InChI is InChI=1S/C13H18O4S/c1-3-18(15,16)10-11(2)13(14)17-9-12-7-5-4-6-8-12/h4-8,11H,3,9-10H2,1-2H3. The summed E-state index contributed by atoms with van der Waals surface area (Å²) in [5.41, 5.74) is 0.886. The highest BCUT2D eigenvalue weighted by atomic mass is 32.2. The van der Waals surface area contributed by atoms with Crippen molar-refractivity contribution < 1.29 is 17.9 Å². The second-order valence-corrected chi connectivity index (χ2v) is 6.59. The largest absolute Gasteiger partial charge is 0.461 e. The molecule has 0 aliphatic heterocycles. The van der Waals surface area contributed by atoms with Gasteiger partial charge in [0.25, 0.3) is 0 Å². The molecule has 1 unspecified atom stereocenters. The molecule has 0 saturated carbocycles. The number of carbonyl (C=O) groups is 1. The van der Waals surface area contributed by atoms with Crippen LogP contribution < -0.4 is 0 Å². The van der Waals surface area contributed by atoms with E-state index in [1.54, 1.807) is 13.8 Å². The van der Waals surface area contributed by atoms with Crippen molar-refractivity contribution in [3.05, 3.63) is 35.9 Å². The van der Waals surface area contributed by atoms with Gasteiger partial charge in [-0.15, -0.1) is 0 Å². The molecular formula is C13H18O4S. The van der Waals surface area contributed by atoms with E-state index in [0.29, 0.717) is 0 Å². The summed E-state index contributed by atoms with van der Waals surface area (Å²) >= 11 is 0. The number of benzene rings is 1. The Hall–Kier alpha value is -1.36. The van der Waals surface area contributed by atoms with Crippen LogP contribution in [-0.2, 0) is 26.0 Å². The quantitative estimate of drug-likeness (QED) is 0.740.